The molecule has 2 nitrogen and oxygen atoms in total. The van der Waals surface area contributed by atoms with Crippen LogP contribution in [0.2, 0.25) is 0 Å². The van der Waals surface area contributed by atoms with Crippen LogP contribution in [0.1, 0.15) is 26.7 Å². The Bertz CT molecular complexity index is 746. The minimum Gasteiger partial charge on any atom is -0.478 e. The smallest absolute Gasteiger partial charge is 0.336 e. The van der Waals surface area contributed by atoms with Crippen LogP contribution in [0.25, 0.3) is 0 Å². The Morgan fingerprint density at radius 2 is 1.22 bits per heavy atom. The van der Waals surface area contributed by atoms with Crippen LogP contribution in [0.15, 0.2) is 89.8 Å². The van der Waals surface area contributed by atoms with Crippen molar-refractivity contribution in [3.05, 3.63) is 102 Å². The first kappa shape index (κ1) is 15.4. The summed E-state index contributed by atoms with van der Waals surface area (Å²) in [7, 11) is 0. The SMILES string of the molecule is O=C(O)c1ccccc1SC(c1ccccc1)c1ccccc1. The van der Waals surface area contributed by atoms with Crippen molar-refractivity contribution >= 4 is 17.7 Å². The molecular weight excluding hydrogens is 304 g/mol. The van der Waals surface area contributed by atoms with Crippen molar-refractivity contribution in [2.24, 2.45) is 0 Å². The average molecular weight is 320 g/mol. The number of hydrogen-bond donors (Lipinski definition) is 1. The molecule has 1 N–H and O–H groups in total. The van der Waals surface area contributed by atoms with E-state index >= 15 is 0 Å². The Morgan fingerprint density at radius 1 is 0.739 bits per heavy atom. The van der Waals surface area contributed by atoms with E-state index < -0.39 is 5.97 Å². The van der Waals surface area contributed by atoms with E-state index in [1.807, 2.05) is 48.5 Å². The van der Waals surface area contributed by atoms with Crippen molar-refractivity contribution in [1.29, 1.82) is 0 Å². The first-order valence-electron chi connectivity index (χ1n) is 7.34. The summed E-state index contributed by atoms with van der Waals surface area (Å²) in [5.74, 6) is -0.895. The van der Waals surface area contributed by atoms with Gasteiger partial charge in [-0.1, -0.05) is 72.8 Å². The van der Waals surface area contributed by atoms with Crippen molar-refractivity contribution in [2.75, 3.05) is 0 Å². The van der Waals surface area contributed by atoms with E-state index in [0.29, 0.717) is 5.56 Å². The van der Waals surface area contributed by atoms with Crippen LogP contribution in [0, 0.1) is 0 Å². The number of carbonyl (C=O) groups is 1. The summed E-state index contributed by atoms with van der Waals surface area (Å²) in [5.41, 5.74) is 2.65. The first-order valence-corrected chi connectivity index (χ1v) is 8.22. The zero-order chi connectivity index (χ0) is 16.1. The molecule has 23 heavy (non-hydrogen) atoms. The number of aromatic carboxylic acids is 1. The summed E-state index contributed by atoms with van der Waals surface area (Å²) in [6.07, 6.45) is 0. The second-order valence-electron chi connectivity index (χ2n) is 5.12. The van der Waals surface area contributed by atoms with Crippen molar-refractivity contribution in [3.8, 4) is 0 Å². The van der Waals surface area contributed by atoms with Crippen LogP contribution in [0.3, 0.4) is 0 Å². The summed E-state index contributed by atoms with van der Waals surface area (Å²) < 4.78 is 0. The zero-order valence-corrected chi connectivity index (χ0v) is 13.2. The molecule has 0 amide bonds. The number of hydrogen-bond acceptors (Lipinski definition) is 2. The fraction of sp³-hybridized carbons (Fsp3) is 0.0500. The van der Waals surface area contributed by atoms with Crippen LogP contribution in [0.4, 0.5) is 0 Å². The van der Waals surface area contributed by atoms with E-state index in [1.54, 1.807) is 23.9 Å². The van der Waals surface area contributed by atoms with Crippen LogP contribution < -0.4 is 0 Å². The van der Waals surface area contributed by atoms with Gasteiger partial charge in [0.15, 0.2) is 0 Å². The van der Waals surface area contributed by atoms with Crippen LogP contribution in [-0.2, 0) is 0 Å². The molecule has 114 valence electrons. The highest BCUT2D eigenvalue weighted by molar-refractivity contribution is 7.99. The predicted octanol–water partition coefficient (Wildman–Crippen LogP) is 5.27. The molecule has 3 rings (SSSR count). The molecule has 0 bridgehead atoms. The van der Waals surface area contributed by atoms with Gasteiger partial charge in [-0.2, -0.15) is 0 Å². The summed E-state index contributed by atoms with van der Waals surface area (Å²) in [6.45, 7) is 0. The normalized spacial score (nSPS) is 10.7. The summed E-state index contributed by atoms with van der Waals surface area (Å²) in [5, 5.41) is 9.46. The van der Waals surface area contributed by atoms with Gasteiger partial charge >= 0.3 is 5.97 Å². The molecule has 3 heteroatoms. The molecule has 0 aliphatic rings. The van der Waals surface area contributed by atoms with Crippen molar-refractivity contribution in [3.63, 3.8) is 0 Å². The van der Waals surface area contributed by atoms with Gasteiger partial charge < -0.3 is 5.11 Å². The molecular formula is C20H16O2S. The molecule has 0 aliphatic carbocycles. The van der Waals surface area contributed by atoms with Crippen molar-refractivity contribution in [1.82, 2.24) is 0 Å². The topological polar surface area (TPSA) is 37.3 Å². The Kier molecular flexibility index (Phi) is 4.79. The highest BCUT2D eigenvalue weighted by atomic mass is 32.2. The standard InChI is InChI=1S/C20H16O2S/c21-20(22)17-13-7-8-14-18(17)23-19(15-9-3-1-4-10-15)16-11-5-2-6-12-16/h1-14,19H,(H,21,22). The molecule has 0 saturated heterocycles. The van der Waals surface area contributed by atoms with E-state index in [9.17, 15) is 9.90 Å². The van der Waals surface area contributed by atoms with Crippen molar-refractivity contribution < 1.29 is 9.90 Å². The summed E-state index contributed by atoms with van der Waals surface area (Å²) in [4.78, 5) is 12.2. The monoisotopic (exact) mass is 320 g/mol. The van der Waals surface area contributed by atoms with E-state index in [2.05, 4.69) is 24.3 Å². The third kappa shape index (κ3) is 3.63. The average Bonchev–Trinajstić information content (AvgIpc) is 2.61. The van der Waals surface area contributed by atoms with E-state index in [4.69, 9.17) is 0 Å². The second-order valence-corrected chi connectivity index (χ2v) is 6.27. The third-order valence-corrected chi connectivity index (χ3v) is 4.96. The van der Waals surface area contributed by atoms with Gasteiger partial charge in [0.25, 0.3) is 0 Å². The third-order valence-electron chi connectivity index (χ3n) is 3.57. The maximum Gasteiger partial charge on any atom is 0.336 e. The summed E-state index contributed by atoms with van der Waals surface area (Å²) in [6, 6.07) is 27.5. The number of rotatable bonds is 5. The lowest BCUT2D eigenvalue weighted by Gasteiger charge is -2.18. The molecule has 0 fully saturated rings. The van der Waals surface area contributed by atoms with Crippen LogP contribution >= 0.6 is 11.8 Å². The van der Waals surface area contributed by atoms with Gasteiger partial charge in [-0.05, 0) is 23.3 Å². The Morgan fingerprint density at radius 3 is 1.74 bits per heavy atom. The van der Waals surface area contributed by atoms with Gasteiger partial charge in [0.05, 0.1) is 10.8 Å². The molecule has 3 aromatic carbocycles. The quantitative estimate of drug-likeness (QED) is 0.651. The van der Waals surface area contributed by atoms with E-state index in [0.717, 1.165) is 16.0 Å². The van der Waals surface area contributed by atoms with Gasteiger partial charge in [-0.3, -0.25) is 0 Å². The van der Waals surface area contributed by atoms with Gasteiger partial charge in [0.2, 0.25) is 0 Å². The molecule has 0 aromatic heterocycles. The van der Waals surface area contributed by atoms with Gasteiger partial charge in [0, 0.05) is 4.90 Å². The highest BCUT2D eigenvalue weighted by Crippen LogP contribution is 2.41. The molecule has 0 spiro atoms. The Labute approximate surface area is 139 Å². The van der Waals surface area contributed by atoms with E-state index in [-0.39, 0.29) is 5.25 Å². The summed E-state index contributed by atoms with van der Waals surface area (Å²) >= 11 is 1.57. The maximum absolute atomic E-state index is 11.5. The minimum absolute atomic E-state index is 0.0536. The molecule has 0 unspecified atom stereocenters. The van der Waals surface area contributed by atoms with E-state index in [1.165, 1.54) is 0 Å². The molecule has 0 atom stereocenters. The minimum atomic E-state index is -0.895. The molecule has 3 aromatic rings. The number of carboxylic acids is 1. The zero-order valence-electron chi connectivity index (χ0n) is 12.4. The molecule has 0 radical (unpaired) electrons. The van der Waals surface area contributed by atoms with Crippen LogP contribution in [-0.4, -0.2) is 11.1 Å². The Balaban J connectivity index is 2.02. The Hall–Kier alpha value is -2.52. The fourth-order valence-corrected chi connectivity index (χ4v) is 3.74. The predicted molar refractivity (Wildman–Crippen MR) is 94.0 cm³/mol. The van der Waals surface area contributed by atoms with Crippen molar-refractivity contribution in [2.45, 2.75) is 10.1 Å². The largest absolute Gasteiger partial charge is 0.478 e. The second kappa shape index (κ2) is 7.16. The van der Waals surface area contributed by atoms with Gasteiger partial charge in [0.1, 0.15) is 0 Å². The number of carboxylic acid groups (broad SMARTS) is 1. The number of thioether (sulfide) groups is 1. The lowest BCUT2D eigenvalue weighted by Crippen LogP contribution is -2.01. The molecule has 0 aliphatic heterocycles. The van der Waals surface area contributed by atoms with Crippen LogP contribution in [0.5, 0.6) is 0 Å². The molecule has 0 heterocycles. The lowest BCUT2D eigenvalue weighted by atomic mass is 10.0. The van der Waals surface area contributed by atoms with Gasteiger partial charge in [-0.25, -0.2) is 4.79 Å². The number of benzene rings is 3. The van der Waals surface area contributed by atoms with Gasteiger partial charge in [-0.15, -0.1) is 11.8 Å². The lowest BCUT2D eigenvalue weighted by molar-refractivity contribution is 0.0693. The maximum atomic E-state index is 11.5. The highest BCUT2D eigenvalue weighted by Gasteiger charge is 2.18. The first-order chi connectivity index (χ1) is 11.3. The molecule has 0 saturated carbocycles. The fourth-order valence-electron chi connectivity index (χ4n) is 2.46.